The van der Waals surface area contributed by atoms with Crippen molar-refractivity contribution in [3.8, 4) is 11.5 Å². The van der Waals surface area contributed by atoms with E-state index >= 15 is 0 Å². The maximum atomic E-state index is 11.9. The summed E-state index contributed by atoms with van der Waals surface area (Å²) < 4.78 is 10.3. The van der Waals surface area contributed by atoms with Gasteiger partial charge in [0.1, 0.15) is 11.5 Å². The molecule has 0 aliphatic rings. The minimum Gasteiger partial charge on any atom is -0.497 e. The van der Waals surface area contributed by atoms with Crippen molar-refractivity contribution in [3.05, 3.63) is 18.2 Å². The number of hydrogen-bond acceptors (Lipinski definition) is 4. The number of amides is 2. The highest BCUT2D eigenvalue weighted by Crippen LogP contribution is 2.28. The molecule has 0 spiro atoms. The van der Waals surface area contributed by atoms with Crippen molar-refractivity contribution in [2.75, 3.05) is 26.1 Å². The largest absolute Gasteiger partial charge is 0.497 e. The van der Waals surface area contributed by atoms with Crippen molar-refractivity contribution < 1.29 is 19.4 Å². The smallest absolute Gasteiger partial charge is 0.319 e. The van der Waals surface area contributed by atoms with Crippen LogP contribution in [0.4, 0.5) is 10.5 Å². The number of carbonyl (C=O) groups excluding carboxylic acids is 1. The lowest BCUT2D eigenvalue weighted by Gasteiger charge is -2.17. The first-order valence-corrected chi connectivity index (χ1v) is 6.55. The van der Waals surface area contributed by atoms with Crippen LogP contribution in [-0.4, -0.2) is 38.0 Å². The fourth-order valence-electron chi connectivity index (χ4n) is 1.79. The van der Waals surface area contributed by atoms with Crippen LogP contribution in [0.25, 0.3) is 0 Å². The highest BCUT2D eigenvalue weighted by molar-refractivity contribution is 5.91. The monoisotopic (exact) mass is 282 g/mol. The predicted molar refractivity (Wildman–Crippen MR) is 77.5 cm³/mol. The van der Waals surface area contributed by atoms with Crippen molar-refractivity contribution in [3.63, 3.8) is 0 Å². The van der Waals surface area contributed by atoms with Crippen LogP contribution < -0.4 is 20.1 Å². The molecule has 6 heteroatoms. The number of ether oxygens (including phenoxy) is 2. The fraction of sp³-hybridized carbons (Fsp3) is 0.500. The molecular weight excluding hydrogens is 260 g/mol. The molecule has 0 aromatic heterocycles. The average molecular weight is 282 g/mol. The van der Waals surface area contributed by atoms with Crippen molar-refractivity contribution in [2.24, 2.45) is 0 Å². The second-order valence-corrected chi connectivity index (χ2v) is 4.28. The van der Waals surface area contributed by atoms with Gasteiger partial charge in [0, 0.05) is 18.7 Å². The Hall–Kier alpha value is -1.95. The van der Waals surface area contributed by atoms with Crippen LogP contribution in [0.3, 0.4) is 0 Å². The Bertz CT molecular complexity index is 437. The van der Waals surface area contributed by atoms with Gasteiger partial charge in [0.15, 0.2) is 0 Å². The summed E-state index contributed by atoms with van der Waals surface area (Å²) in [6.45, 7) is 1.99. The number of aliphatic hydroxyl groups excluding tert-OH is 1. The number of nitrogens with one attached hydrogen (secondary N) is 2. The standard InChI is InChI=1S/C14H22N2O4/c1-4-10(7-8-17)15-14(18)16-12-9-11(19-2)5-6-13(12)20-3/h5-6,9-10,17H,4,7-8H2,1-3H3,(H2,15,16,18). The number of urea groups is 1. The molecule has 20 heavy (non-hydrogen) atoms. The molecule has 3 N–H and O–H groups in total. The van der Waals surface area contributed by atoms with Gasteiger partial charge >= 0.3 is 6.03 Å². The topological polar surface area (TPSA) is 79.8 Å². The van der Waals surface area contributed by atoms with Gasteiger partial charge in [0.05, 0.1) is 19.9 Å². The molecule has 0 radical (unpaired) electrons. The zero-order valence-corrected chi connectivity index (χ0v) is 12.1. The van der Waals surface area contributed by atoms with Crippen LogP contribution in [-0.2, 0) is 0 Å². The molecule has 0 saturated carbocycles. The first-order valence-electron chi connectivity index (χ1n) is 6.55. The third-order valence-electron chi connectivity index (χ3n) is 2.96. The van der Waals surface area contributed by atoms with Crippen LogP contribution in [0.5, 0.6) is 11.5 Å². The molecule has 0 fully saturated rings. The van der Waals surface area contributed by atoms with Gasteiger partial charge in [-0.1, -0.05) is 6.92 Å². The Kier molecular flexibility index (Phi) is 6.66. The van der Waals surface area contributed by atoms with E-state index in [2.05, 4.69) is 10.6 Å². The van der Waals surface area contributed by atoms with Gasteiger partial charge in [0.25, 0.3) is 0 Å². The van der Waals surface area contributed by atoms with Gasteiger partial charge in [-0.25, -0.2) is 4.79 Å². The highest BCUT2D eigenvalue weighted by atomic mass is 16.5. The van der Waals surface area contributed by atoms with Crippen LogP contribution in [0, 0.1) is 0 Å². The summed E-state index contributed by atoms with van der Waals surface area (Å²) in [6.07, 6.45) is 1.28. The Morgan fingerprint density at radius 1 is 1.35 bits per heavy atom. The number of methoxy groups -OCH3 is 2. The Labute approximate surface area is 119 Å². The molecule has 0 heterocycles. The zero-order chi connectivity index (χ0) is 15.0. The van der Waals surface area contributed by atoms with Gasteiger partial charge in [-0.15, -0.1) is 0 Å². The maximum Gasteiger partial charge on any atom is 0.319 e. The Balaban J connectivity index is 2.73. The lowest BCUT2D eigenvalue weighted by molar-refractivity contribution is 0.237. The Morgan fingerprint density at radius 2 is 2.10 bits per heavy atom. The molecule has 112 valence electrons. The molecular formula is C14H22N2O4. The molecule has 2 amide bonds. The molecule has 1 atom stereocenters. The first-order chi connectivity index (χ1) is 9.64. The van der Waals surface area contributed by atoms with Crippen molar-refractivity contribution in [2.45, 2.75) is 25.8 Å². The number of aliphatic hydroxyl groups is 1. The van der Waals surface area contributed by atoms with Crippen LogP contribution in [0.15, 0.2) is 18.2 Å². The lowest BCUT2D eigenvalue weighted by Crippen LogP contribution is -2.38. The first kappa shape index (κ1) is 16.1. The van der Waals surface area contributed by atoms with Crippen molar-refractivity contribution in [1.29, 1.82) is 0 Å². The summed E-state index contributed by atoms with van der Waals surface area (Å²) in [5, 5.41) is 14.4. The fourth-order valence-corrected chi connectivity index (χ4v) is 1.79. The average Bonchev–Trinajstić information content (AvgIpc) is 2.46. The van der Waals surface area contributed by atoms with E-state index in [0.717, 1.165) is 6.42 Å². The van der Waals surface area contributed by atoms with E-state index in [1.807, 2.05) is 6.92 Å². The number of rotatable bonds is 7. The Morgan fingerprint density at radius 3 is 2.65 bits per heavy atom. The second-order valence-electron chi connectivity index (χ2n) is 4.28. The van der Waals surface area contributed by atoms with Gasteiger partial charge in [0.2, 0.25) is 0 Å². The van der Waals surface area contributed by atoms with E-state index in [0.29, 0.717) is 23.6 Å². The molecule has 1 unspecified atom stereocenters. The van der Waals surface area contributed by atoms with E-state index in [-0.39, 0.29) is 18.7 Å². The van der Waals surface area contributed by atoms with E-state index in [1.165, 1.54) is 7.11 Å². The molecule has 0 bridgehead atoms. The summed E-state index contributed by atoms with van der Waals surface area (Å²) >= 11 is 0. The second kappa shape index (κ2) is 8.27. The number of hydrogen-bond donors (Lipinski definition) is 3. The maximum absolute atomic E-state index is 11.9. The summed E-state index contributed by atoms with van der Waals surface area (Å²) in [7, 11) is 3.09. The molecule has 0 aliphatic carbocycles. The quantitative estimate of drug-likeness (QED) is 0.714. The highest BCUT2D eigenvalue weighted by Gasteiger charge is 2.12. The zero-order valence-electron chi connectivity index (χ0n) is 12.1. The van der Waals surface area contributed by atoms with Gasteiger partial charge in [-0.3, -0.25) is 0 Å². The number of anilines is 1. The summed E-state index contributed by atoms with van der Waals surface area (Å²) in [6, 6.07) is 4.77. The van der Waals surface area contributed by atoms with Crippen molar-refractivity contribution in [1.82, 2.24) is 5.32 Å². The van der Waals surface area contributed by atoms with Gasteiger partial charge in [-0.05, 0) is 25.0 Å². The third kappa shape index (κ3) is 4.62. The predicted octanol–water partition coefficient (Wildman–Crippen LogP) is 1.99. The summed E-state index contributed by atoms with van der Waals surface area (Å²) in [5.74, 6) is 1.18. The molecule has 1 aromatic carbocycles. The van der Waals surface area contributed by atoms with E-state index in [9.17, 15) is 4.79 Å². The molecule has 0 aliphatic heterocycles. The van der Waals surface area contributed by atoms with Crippen LogP contribution in [0.1, 0.15) is 19.8 Å². The van der Waals surface area contributed by atoms with Crippen LogP contribution in [0.2, 0.25) is 0 Å². The minimum atomic E-state index is -0.336. The normalized spacial score (nSPS) is 11.6. The lowest BCUT2D eigenvalue weighted by atomic mass is 10.1. The molecule has 0 saturated heterocycles. The van der Waals surface area contributed by atoms with E-state index in [4.69, 9.17) is 14.6 Å². The molecule has 6 nitrogen and oxygen atoms in total. The molecule has 1 rings (SSSR count). The number of carbonyl (C=O) groups is 1. The minimum absolute atomic E-state index is 0.0429. The van der Waals surface area contributed by atoms with Gasteiger partial charge in [-0.2, -0.15) is 0 Å². The number of benzene rings is 1. The third-order valence-corrected chi connectivity index (χ3v) is 2.96. The van der Waals surface area contributed by atoms with E-state index in [1.54, 1.807) is 25.3 Å². The van der Waals surface area contributed by atoms with Crippen LogP contribution >= 0.6 is 0 Å². The van der Waals surface area contributed by atoms with E-state index < -0.39 is 0 Å². The SMILES string of the molecule is CCC(CCO)NC(=O)Nc1cc(OC)ccc1OC. The molecule has 1 aromatic rings. The van der Waals surface area contributed by atoms with Crippen molar-refractivity contribution >= 4 is 11.7 Å². The van der Waals surface area contributed by atoms with Gasteiger partial charge < -0.3 is 25.2 Å². The summed E-state index contributed by atoms with van der Waals surface area (Å²) in [4.78, 5) is 11.9. The summed E-state index contributed by atoms with van der Waals surface area (Å²) in [5.41, 5.74) is 0.531.